The van der Waals surface area contributed by atoms with Gasteiger partial charge in [0.15, 0.2) is 0 Å². The molecule has 0 bridgehead atoms. The maximum absolute atomic E-state index is 9.09. The lowest BCUT2D eigenvalue weighted by atomic mass is 10.0. The number of hydrogen-bond acceptors (Lipinski definition) is 3. The minimum atomic E-state index is -0.688. The van der Waals surface area contributed by atoms with E-state index < -0.39 is 5.54 Å². The van der Waals surface area contributed by atoms with Gasteiger partial charge in [-0.15, -0.1) is 0 Å². The summed E-state index contributed by atoms with van der Waals surface area (Å²) in [6.07, 6.45) is 0. The Kier molecular flexibility index (Phi) is 5.02. The average molecular weight is 264 g/mol. The van der Waals surface area contributed by atoms with Gasteiger partial charge in [0, 0.05) is 6.54 Å². The topological polar surface area (TPSA) is 52.5 Å². The van der Waals surface area contributed by atoms with E-state index in [1.54, 1.807) is 19.1 Å². The second-order valence-corrected chi connectivity index (χ2v) is 4.79. The Morgan fingerprint density at radius 2 is 1.81 bits per heavy atom. The fourth-order valence-corrected chi connectivity index (χ4v) is 1.45. The highest BCUT2D eigenvalue weighted by molar-refractivity contribution is 6.42. The molecule has 0 atom stereocenters. The minimum Gasteiger partial charge on any atom is -0.394 e. The second-order valence-electron chi connectivity index (χ2n) is 3.98. The first-order chi connectivity index (χ1) is 7.50. The van der Waals surface area contributed by atoms with Crippen molar-refractivity contribution in [3.63, 3.8) is 0 Å². The molecule has 1 rings (SSSR count). The van der Waals surface area contributed by atoms with E-state index in [0.717, 1.165) is 5.56 Å². The summed E-state index contributed by atoms with van der Waals surface area (Å²) in [4.78, 5) is 0. The van der Waals surface area contributed by atoms with Crippen LogP contribution in [0.4, 0.5) is 0 Å². The van der Waals surface area contributed by atoms with E-state index in [2.05, 4.69) is 5.32 Å². The van der Waals surface area contributed by atoms with Crippen LogP contribution in [0.5, 0.6) is 0 Å². The van der Waals surface area contributed by atoms with Crippen molar-refractivity contribution in [1.82, 2.24) is 5.32 Å². The van der Waals surface area contributed by atoms with Crippen molar-refractivity contribution in [2.24, 2.45) is 0 Å². The monoisotopic (exact) mass is 263 g/mol. The predicted octanol–water partition coefficient (Wildman–Crippen LogP) is 1.83. The van der Waals surface area contributed by atoms with E-state index in [0.29, 0.717) is 16.6 Å². The number of aliphatic hydroxyl groups is 2. The number of rotatable bonds is 5. The maximum atomic E-state index is 9.09. The molecule has 3 nitrogen and oxygen atoms in total. The number of aliphatic hydroxyl groups excluding tert-OH is 2. The smallest absolute Gasteiger partial charge is 0.0633 e. The molecule has 0 radical (unpaired) electrons. The number of benzene rings is 1. The molecule has 0 fully saturated rings. The van der Waals surface area contributed by atoms with Crippen LogP contribution in [-0.2, 0) is 6.54 Å². The van der Waals surface area contributed by atoms with Gasteiger partial charge in [0.25, 0.3) is 0 Å². The van der Waals surface area contributed by atoms with Crippen molar-refractivity contribution >= 4 is 23.2 Å². The van der Waals surface area contributed by atoms with Gasteiger partial charge in [-0.1, -0.05) is 29.3 Å². The van der Waals surface area contributed by atoms with Crippen molar-refractivity contribution < 1.29 is 10.2 Å². The molecule has 16 heavy (non-hydrogen) atoms. The third-order valence-electron chi connectivity index (χ3n) is 2.40. The zero-order chi connectivity index (χ0) is 12.2. The largest absolute Gasteiger partial charge is 0.394 e. The van der Waals surface area contributed by atoms with Crippen LogP contribution in [0.2, 0.25) is 10.0 Å². The van der Waals surface area contributed by atoms with E-state index >= 15 is 0 Å². The maximum Gasteiger partial charge on any atom is 0.0633 e. The fourth-order valence-electron chi connectivity index (χ4n) is 1.13. The lowest BCUT2D eigenvalue weighted by Crippen LogP contribution is -2.48. The van der Waals surface area contributed by atoms with E-state index in [4.69, 9.17) is 33.4 Å². The zero-order valence-corrected chi connectivity index (χ0v) is 10.5. The molecule has 0 spiro atoms. The first-order valence-electron chi connectivity index (χ1n) is 4.91. The number of nitrogens with one attached hydrogen (secondary N) is 1. The molecular formula is C11H15Cl2NO2. The summed E-state index contributed by atoms with van der Waals surface area (Å²) in [5.74, 6) is 0. The average Bonchev–Trinajstić information content (AvgIpc) is 2.30. The van der Waals surface area contributed by atoms with E-state index in [-0.39, 0.29) is 13.2 Å². The molecular weight excluding hydrogens is 249 g/mol. The van der Waals surface area contributed by atoms with Crippen LogP contribution in [0.15, 0.2) is 18.2 Å². The summed E-state index contributed by atoms with van der Waals surface area (Å²) < 4.78 is 0. The molecule has 0 aliphatic heterocycles. The van der Waals surface area contributed by atoms with Gasteiger partial charge >= 0.3 is 0 Å². The molecule has 1 aromatic carbocycles. The summed E-state index contributed by atoms with van der Waals surface area (Å²) in [5.41, 5.74) is 0.258. The Labute approximate surface area is 105 Å². The van der Waals surface area contributed by atoms with Crippen molar-refractivity contribution in [2.75, 3.05) is 13.2 Å². The lowest BCUT2D eigenvalue weighted by Gasteiger charge is -2.26. The Balaban J connectivity index is 2.64. The van der Waals surface area contributed by atoms with Gasteiger partial charge in [-0.05, 0) is 24.6 Å². The van der Waals surface area contributed by atoms with Crippen LogP contribution in [0.3, 0.4) is 0 Å². The third-order valence-corrected chi connectivity index (χ3v) is 3.14. The second kappa shape index (κ2) is 5.84. The van der Waals surface area contributed by atoms with E-state index in [9.17, 15) is 0 Å². The summed E-state index contributed by atoms with van der Waals surface area (Å²) in [6, 6.07) is 5.32. The quantitative estimate of drug-likeness (QED) is 0.760. The van der Waals surface area contributed by atoms with E-state index in [1.807, 2.05) is 6.07 Å². The summed E-state index contributed by atoms with van der Waals surface area (Å²) in [5, 5.41) is 22.2. The molecule has 0 aromatic heterocycles. The highest BCUT2D eigenvalue weighted by Gasteiger charge is 2.21. The molecule has 90 valence electrons. The molecule has 3 N–H and O–H groups in total. The van der Waals surface area contributed by atoms with Crippen LogP contribution in [-0.4, -0.2) is 29.0 Å². The Bertz CT molecular complexity index is 354. The zero-order valence-electron chi connectivity index (χ0n) is 9.00. The van der Waals surface area contributed by atoms with Crippen molar-refractivity contribution in [1.29, 1.82) is 0 Å². The number of halogens is 2. The molecule has 0 aliphatic carbocycles. The van der Waals surface area contributed by atoms with Crippen LogP contribution in [0, 0.1) is 0 Å². The predicted molar refractivity (Wildman–Crippen MR) is 65.9 cm³/mol. The normalized spacial score (nSPS) is 11.8. The molecule has 5 heteroatoms. The van der Waals surface area contributed by atoms with Crippen LogP contribution >= 0.6 is 23.2 Å². The molecule has 0 saturated carbocycles. The molecule has 0 aliphatic rings. The van der Waals surface area contributed by atoms with Crippen molar-refractivity contribution in [3.8, 4) is 0 Å². The lowest BCUT2D eigenvalue weighted by molar-refractivity contribution is 0.103. The van der Waals surface area contributed by atoms with Gasteiger partial charge < -0.3 is 15.5 Å². The Hall–Kier alpha value is -0.320. The Morgan fingerprint density at radius 1 is 1.19 bits per heavy atom. The fraction of sp³-hybridized carbons (Fsp3) is 0.455. The first kappa shape index (κ1) is 13.7. The summed E-state index contributed by atoms with van der Waals surface area (Å²) >= 11 is 11.7. The van der Waals surface area contributed by atoms with Gasteiger partial charge in [0.1, 0.15) is 0 Å². The molecule has 0 amide bonds. The van der Waals surface area contributed by atoms with Crippen LogP contribution in [0.25, 0.3) is 0 Å². The molecule has 0 heterocycles. The van der Waals surface area contributed by atoms with Crippen LogP contribution < -0.4 is 5.32 Å². The van der Waals surface area contributed by atoms with Crippen molar-refractivity contribution in [3.05, 3.63) is 33.8 Å². The first-order valence-corrected chi connectivity index (χ1v) is 5.67. The van der Waals surface area contributed by atoms with Gasteiger partial charge in [-0.25, -0.2) is 0 Å². The molecule has 0 saturated heterocycles. The molecule has 1 aromatic rings. The third kappa shape index (κ3) is 3.61. The number of hydrogen-bond donors (Lipinski definition) is 3. The van der Waals surface area contributed by atoms with Crippen LogP contribution in [0.1, 0.15) is 12.5 Å². The Morgan fingerprint density at radius 3 is 2.31 bits per heavy atom. The van der Waals surface area contributed by atoms with Gasteiger partial charge in [0.2, 0.25) is 0 Å². The van der Waals surface area contributed by atoms with Gasteiger partial charge in [0.05, 0.1) is 28.8 Å². The molecule has 0 unspecified atom stereocenters. The standard InChI is InChI=1S/C11H15Cl2NO2/c1-11(6-15,7-16)14-5-8-2-3-9(12)10(13)4-8/h2-4,14-16H,5-7H2,1H3. The highest BCUT2D eigenvalue weighted by atomic mass is 35.5. The van der Waals surface area contributed by atoms with Crippen molar-refractivity contribution in [2.45, 2.75) is 19.0 Å². The summed E-state index contributed by atoms with van der Waals surface area (Å²) in [7, 11) is 0. The van der Waals surface area contributed by atoms with Gasteiger partial charge in [-0.2, -0.15) is 0 Å². The highest BCUT2D eigenvalue weighted by Crippen LogP contribution is 2.22. The SMILES string of the molecule is CC(CO)(CO)NCc1ccc(Cl)c(Cl)c1. The van der Waals surface area contributed by atoms with E-state index in [1.165, 1.54) is 0 Å². The minimum absolute atomic E-state index is 0.134. The van der Waals surface area contributed by atoms with Gasteiger partial charge in [-0.3, -0.25) is 0 Å². The summed E-state index contributed by atoms with van der Waals surface area (Å²) in [6.45, 7) is 1.98.